The molecule has 2 amide bonds. The summed E-state index contributed by atoms with van der Waals surface area (Å²) in [5.41, 5.74) is 2.36. The summed E-state index contributed by atoms with van der Waals surface area (Å²) in [5, 5.41) is 3.35. The van der Waals surface area contributed by atoms with Crippen LogP contribution in [-0.2, 0) is 22.6 Å². The summed E-state index contributed by atoms with van der Waals surface area (Å²) in [6.07, 6.45) is 0.856. The summed E-state index contributed by atoms with van der Waals surface area (Å²) in [5.74, 6) is -0.432. The SMILES string of the molecule is CCc1ccccc1NC(=O)CN1CCN(C(=O)CN(C)Cc2c(F)cccc2Cl)CC1. The van der Waals surface area contributed by atoms with Crippen molar-refractivity contribution in [3.05, 3.63) is 64.4 Å². The first-order valence-electron chi connectivity index (χ1n) is 10.9. The van der Waals surface area contributed by atoms with Crippen LogP contribution in [-0.4, -0.2) is 72.8 Å². The van der Waals surface area contributed by atoms with E-state index in [1.165, 1.54) is 6.07 Å². The number of piperazine rings is 1. The number of nitrogens with one attached hydrogen (secondary N) is 1. The van der Waals surface area contributed by atoms with Crippen LogP contribution >= 0.6 is 11.6 Å². The highest BCUT2D eigenvalue weighted by molar-refractivity contribution is 6.31. The number of hydrogen-bond donors (Lipinski definition) is 1. The van der Waals surface area contributed by atoms with E-state index in [0.717, 1.165) is 17.7 Å². The molecule has 172 valence electrons. The first kappa shape index (κ1) is 24.2. The maximum Gasteiger partial charge on any atom is 0.238 e. The van der Waals surface area contributed by atoms with Gasteiger partial charge in [-0.05, 0) is 37.2 Å². The molecule has 0 radical (unpaired) electrons. The average molecular weight is 461 g/mol. The molecule has 0 bridgehead atoms. The summed E-state index contributed by atoms with van der Waals surface area (Å²) in [6, 6.07) is 12.4. The van der Waals surface area contributed by atoms with Crippen LogP contribution in [0.5, 0.6) is 0 Å². The van der Waals surface area contributed by atoms with Gasteiger partial charge in [-0.3, -0.25) is 19.4 Å². The fourth-order valence-corrected chi connectivity index (χ4v) is 4.06. The largest absolute Gasteiger partial charge is 0.339 e. The van der Waals surface area contributed by atoms with Gasteiger partial charge in [-0.15, -0.1) is 0 Å². The van der Waals surface area contributed by atoms with Gasteiger partial charge in [-0.25, -0.2) is 4.39 Å². The van der Waals surface area contributed by atoms with Gasteiger partial charge in [0, 0.05) is 49.0 Å². The molecular formula is C24H30ClFN4O2. The summed E-state index contributed by atoms with van der Waals surface area (Å²) in [7, 11) is 1.77. The molecule has 1 saturated heterocycles. The maximum absolute atomic E-state index is 14.0. The molecule has 0 aromatic heterocycles. The third kappa shape index (κ3) is 6.51. The number of para-hydroxylation sites is 1. The van der Waals surface area contributed by atoms with Crippen molar-refractivity contribution in [2.45, 2.75) is 19.9 Å². The van der Waals surface area contributed by atoms with E-state index < -0.39 is 0 Å². The molecule has 2 aromatic rings. The number of anilines is 1. The first-order chi connectivity index (χ1) is 15.4. The molecule has 1 heterocycles. The van der Waals surface area contributed by atoms with Crippen molar-refractivity contribution in [1.82, 2.24) is 14.7 Å². The van der Waals surface area contributed by atoms with Gasteiger partial charge in [0.15, 0.2) is 0 Å². The van der Waals surface area contributed by atoms with Crippen LogP contribution in [0.1, 0.15) is 18.1 Å². The molecule has 6 nitrogen and oxygen atoms in total. The fraction of sp³-hybridized carbons (Fsp3) is 0.417. The van der Waals surface area contributed by atoms with Gasteiger partial charge < -0.3 is 10.2 Å². The van der Waals surface area contributed by atoms with Crippen LogP contribution < -0.4 is 5.32 Å². The second kappa shape index (κ2) is 11.4. The number of benzene rings is 2. The third-order valence-electron chi connectivity index (χ3n) is 5.66. The zero-order valence-corrected chi connectivity index (χ0v) is 19.4. The Hall–Kier alpha value is -2.48. The van der Waals surface area contributed by atoms with Gasteiger partial charge >= 0.3 is 0 Å². The highest BCUT2D eigenvalue weighted by Gasteiger charge is 2.23. The van der Waals surface area contributed by atoms with Crippen molar-refractivity contribution in [2.24, 2.45) is 0 Å². The van der Waals surface area contributed by atoms with E-state index in [1.807, 2.05) is 24.3 Å². The topological polar surface area (TPSA) is 55.9 Å². The number of aryl methyl sites for hydroxylation is 1. The molecule has 32 heavy (non-hydrogen) atoms. The molecule has 3 rings (SSSR count). The third-order valence-corrected chi connectivity index (χ3v) is 6.01. The van der Waals surface area contributed by atoms with E-state index in [4.69, 9.17) is 11.6 Å². The summed E-state index contributed by atoms with van der Waals surface area (Å²) in [4.78, 5) is 30.7. The standard InChI is InChI=1S/C24H30ClFN4O2/c1-3-18-7-4-5-10-22(18)27-23(31)16-29-11-13-30(14-12-29)24(32)17-28(2)15-19-20(25)8-6-9-21(19)26/h4-10H,3,11-17H2,1-2H3,(H,27,31). The Morgan fingerprint density at radius 3 is 2.50 bits per heavy atom. The molecule has 1 aliphatic rings. The lowest BCUT2D eigenvalue weighted by atomic mass is 10.1. The number of halogens is 2. The van der Waals surface area contributed by atoms with Crippen molar-refractivity contribution >= 4 is 29.1 Å². The number of amides is 2. The lowest BCUT2D eigenvalue weighted by molar-refractivity contribution is -0.134. The van der Waals surface area contributed by atoms with Gasteiger partial charge in [0.2, 0.25) is 11.8 Å². The number of likely N-dealkylation sites (N-methyl/N-ethyl adjacent to an activating group) is 1. The molecule has 1 fully saturated rings. The Balaban J connectivity index is 1.43. The van der Waals surface area contributed by atoms with Crippen LogP contribution in [0.2, 0.25) is 5.02 Å². The summed E-state index contributed by atoms with van der Waals surface area (Å²) < 4.78 is 14.0. The van der Waals surface area contributed by atoms with Gasteiger partial charge in [-0.1, -0.05) is 42.8 Å². The predicted molar refractivity (Wildman–Crippen MR) is 125 cm³/mol. The molecule has 0 atom stereocenters. The zero-order valence-electron chi connectivity index (χ0n) is 18.6. The molecule has 0 aliphatic carbocycles. The average Bonchev–Trinajstić information content (AvgIpc) is 2.77. The highest BCUT2D eigenvalue weighted by atomic mass is 35.5. The number of carbonyl (C=O) groups is 2. The van der Waals surface area contributed by atoms with E-state index in [9.17, 15) is 14.0 Å². The highest BCUT2D eigenvalue weighted by Crippen LogP contribution is 2.20. The van der Waals surface area contributed by atoms with E-state index in [1.54, 1.807) is 29.0 Å². The molecule has 0 saturated carbocycles. The van der Waals surface area contributed by atoms with Gasteiger partial charge in [0.05, 0.1) is 13.1 Å². The Labute approximate surface area is 193 Å². The minimum Gasteiger partial charge on any atom is -0.339 e. The molecule has 8 heteroatoms. The smallest absolute Gasteiger partial charge is 0.238 e. The predicted octanol–water partition coefficient (Wildman–Crippen LogP) is 3.26. The van der Waals surface area contributed by atoms with Crippen LogP contribution in [0.15, 0.2) is 42.5 Å². The van der Waals surface area contributed by atoms with E-state index in [-0.39, 0.29) is 30.7 Å². The Kier molecular flexibility index (Phi) is 8.61. The second-order valence-electron chi connectivity index (χ2n) is 8.09. The molecule has 0 spiro atoms. The molecule has 1 N–H and O–H groups in total. The van der Waals surface area contributed by atoms with Crippen LogP contribution in [0.3, 0.4) is 0 Å². The van der Waals surface area contributed by atoms with Gasteiger partial charge in [0.25, 0.3) is 0 Å². The van der Waals surface area contributed by atoms with E-state index >= 15 is 0 Å². The van der Waals surface area contributed by atoms with Crippen molar-refractivity contribution in [2.75, 3.05) is 51.6 Å². The number of hydrogen-bond acceptors (Lipinski definition) is 4. The molecular weight excluding hydrogens is 431 g/mol. The van der Waals surface area contributed by atoms with Crippen molar-refractivity contribution in [3.8, 4) is 0 Å². The second-order valence-corrected chi connectivity index (χ2v) is 8.50. The summed E-state index contributed by atoms with van der Waals surface area (Å²) >= 11 is 6.08. The monoisotopic (exact) mass is 460 g/mol. The van der Waals surface area contributed by atoms with Gasteiger partial charge in [-0.2, -0.15) is 0 Å². The maximum atomic E-state index is 14.0. The first-order valence-corrected chi connectivity index (χ1v) is 11.2. The van der Waals surface area contributed by atoms with Crippen LogP contribution in [0.4, 0.5) is 10.1 Å². The van der Waals surface area contributed by atoms with Gasteiger partial charge in [0.1, 0.15) is 5.82 Å². The van der Waals surface area contributed by atoms with Crippen molar-refractivity contribution in [3.63, 3.8) is 0 Å². The van der Waals surface area contributed by atoms with Crippen molar-refractivity contribution < 1.29 is 14.0 Å². The summed E-state index contributed by atoms with van der Waals surface area (Å²) in [6.45, 7) is 5.19. The Morgan fingerprint density at radius 1 is 1.09 bits per heavy atom. The quantitative estimate of drug-likeness (QED) is 0.657. The number of carbonyl (C=O) groups excluding carboxylic acids is 2. The molecule has 2 aromatic carbocycles. The minimum absolute atomic E-state index is 0.0130. The Bertz CT molecular complexity index is 927. The number of rotatable bonds is 8. The van der Waals surface area contributed by atoms with Crippen LogP contribution in [0, 0.1) is 5.82 Å². The van der Waals surface area contributed by atoms with Crippen molar-refractivity contribution in [1.29, 1.82) is 0 Å². The lowest BCUT2D eigenvalue weighted by Gasteiger charge is -2.35. The van der Waals surface area contributed by atoms with E-state index in [2.05, 4.69) is 17.1 Å². The zero-order chi connectivity index (χ0) is 23.1. The van der Waals surface area contributed by atoms with Crippen LogP contribution in [0.25, 0.3) is 0 Å². The Morgan fingerprint density at radius 2 is 1.81 bits per heavy atom. The molecule has 0 unspecified atom stereocenters. The molecule has 1 aliphatic heterocycles. The minimum atomic E-state index is -0.370. The number of nitrogens with zero attached hydrogens (tertiary/aromatic N) is 3. The lowest BCUT2D eigenvalue weighted by Crippen LogP contribution is -2.52. The van der Waals surface area contributed by atoms with E-state index in [0.29, 0.717) is 43.3 Å². The normalized spacial score (nSPS) is 14.6. The fourth-order valence-electron chi connectivity index (χ4n) is 3.84.